The summed E-state index contributed by atoms with van der Waals surface area (Å²) in [5.41, 5.74) is 7.25. The van der Waals surface area contributed by atoms with E-state index in [0.29, 0.717) is 17.7 Å². The van der Waals surface area contributed by atoms with Crippen molar-refractivity contribution < 1.29 is 4.79 Å². The number of nitrogens with two attached hydrogens (primary N) is 1. The normalized spacial score (nSPS) is 28.5. The third kappa shape index (κ3) is 2.07. The highest BCUT2D eigenvalue weighted by molar-refractivity contribution is 6.03. The maximum atomic E-state index is 11.8. The third-order valence-corrected chi connectivity index (χ3v) is 4.12. The van der Waals surface area contributed by atoms with Crippen LogP contribution >= 0.6 is 0 Å². The van der Waals surface area contributed by atoms with Crippen molar-refractivity contribution in [3.63, 3.8) is 0 Å². The lowest BCUT2D eigenvalue weighted by atomic mass is 9.88. The highest BCUT2D eigenvalue weighted by atomic mass is 16.2. The topological polar surface area (TPSA) is 96.2 Å². The Kier molecular flexibility index (Phi) is 3.01. The Labute approximate surface area is 118 Å². The number of nitrogens with one attached hydrogen (secondary N) is 2. The van der Waals surface area contributed by atoms with Gasteiger partial charge < -0.3 is 21.3 Å². The first-order chi connectivity index (χ1) is 9.45. The van der Waals surface area contributed by atoms with E-state index in [9.17, 15) is 4.79 Å². The quantitative estimate of drug-likeness (QED) is 0.726. The zero-order valence-electron chi connectivity index (χ0n) is 12.0. The molecule has 1 amide bonds. The number of anilines is 3. The lowest BCUT2D eigenvalue weighted by molar-refractivity contribution is -0.117. The number of aromatic nitrogens is 2. The van der Waals surface area contributed by atoms with E-state index in [1.807, 2.05) is 25.8 Å². The van der Waals surface area contributed by atoms with Gasteiger partial charge in [0, 0.05) is 19.1 Å². The van der Waals surface area contributed by atoms with Crippen molar-refractivity contribution in [2.24, 2.45) is 5.73 Å². The summed E-state index contributed by atoms with van der Waals surface area (Å²) in [7, 11) is 1.87. The summed E-state index contributed by atoms with van der Waals surface area (Å²) in [6, 6.07) is 0.401. The molecule has 0 aromatic carbocycles. The highest BCUT2D eigenvalue weighted by Crippen LogP contribution is 2.32. The van der Waals surface area contributed by atoms with Crippen molar-refractivity contribution in [3.05, 3.63) is 5.69 Å². The molecule has 1 aliphatic carbocycles. The predicted octanol–water partition coefficient (Wildman–Crippen LogP) is 0.463. The standard InChI is InChI=1S/C13H20N6O/c1-6-10-11(19(3)7(2)12(20)17-10)18-13(15-6)16-9-4-8(14)5-9/h7-9H,4-5,14H2,1-3H3,(H,17,20)(H,15,16,18)/t7-,8-,9+/m0/s1. The van der Waals surface area contributed by atoms with Gasteiger partial charge in [-0.15, -0.1) is 0 Å². The maximum absolute atomic E-state index is 11.8. The van der Waals surface area contributed by atoms with E-state index in [2.05, 4.69) is 20.6 Å². The Bertz CT molecular complexity index is 554. The molecule has 108 valence electrons. The van der Waals surface area contributed by atoms with Crippen molar-refractivity contribution >= 4 is 23.4 Å². The second-order valence-electron chi connectivity index (χ2n) is 5.68. The second kappa shape index (κ2) is 4.59. The fourth-order valence-electron chi connectivity index (χ4n) is 2.57. The number of nitrogens with zero attached hydrogens (tertiary/aromatic N) is 3. The SMILES string of the molecule is Cc1nc(N[C@H]2C[C@@H](N)C2)nc2c1NC(=O)[C@H](C)N2C. The van der Waals surface area contributed by atoms with Crippen LogP contribution < -0.4 is 21.3 Å². The summed E-state index contributed by atoms with van der Waals surface area (Å²) in [5, 5.41) is 6.18. The molecule has 20 heavy (non-hydrogen) atoms. The van der Waals surface area contributed by atoms with Crippen LogP contribution in [0.5, 0.6) is 0 Å². The molecular weight excluding hydrogens is 256 g/mol. The van der Waals surface area contributed by atoms with E-state index in [1.54, 1.807) is 0 Å². The molecule has 7 nitrogen and oxygen atoms in total. The van der Waals surface area contributed by atoms with Gasteiger partial charge in [0.05, 0.1) is 5.69 Å². The van der Waals surface area contributed by atoms with Crippen LogP contribution in [0.3, 0.4) is 0 Å². The molecule has 1 aliphatic heterocycles. The predicted molar refractivity (Wildman–Crippen MR) is 77.9 cm³/mol. The molecule has 1 fully saturated rings. The summed E-state index contributed by atoms with van der Waals surface area (Å²) in [5.74, 6) is 1.33. The lowest BCUT2D eigenvalue weighted by Gasteiger charge is -2.35. The van der Waals surface area contributed by atoms with Crippen LogP contribution in [0.25, 0.3) is 0 Å². The van der Waals surface area contributed by atoms with E-state index < -0.39 is 0 Å². The zero-order chi connectivity index (χ0) is 14.4. The van der Waals surface area contributed by atoms with Crippen LogP contribution in [0.4, 0.5) is 17.5 Å². The number of amides is 1. The number of aryl methyl sites for hydroxylation is 1. The maximum Gasteiger partial charge on any atom is 0.246 e. The Balaban J connectivity index is 1.89. The first-order valence-corrected chi connectivity index (χ1v) is 6.90. The molecule has 0 spiro atoms. The molecule has 2 heterocycles. The molecule has 0 unspecified atom stereocenters. The number of carbonyl (C=O) groups is 1. The van der Waals surface area contributed by atoms with E-state index in [1.165, 1.54) is 0 Å². The lowest BCUT2D eigenvalue weighted by Crippen LogP contribution is -2.46. The van der Waals surface area contributed by atoms with Crippen LogP contribution in [-0.2, 0) is 4.79 Å². The molecule has 2 aliphatic rings. The number of fused-ring (bicyclic) bond motifs is 1. The molecule has 7 heteroatoms. The van der Waals surface area contributed by atoms with Gasteiger partial charge in [0.15, 0.2) is 5.82 Å². The van der Waals surface area contributed by atoms with Crippen molar-refractivity contribution in [1.29, 1.82) is 0 Å². The largest absolute Gasteiger partial charge is 0.351 e. The molecule has 1 aromatic rings. The molecule has 0 radical (unpaired) electrons. The van der Waals surface area contributed by atoms with Gasteiger partial charge in [0.2, 0.25) is 11.9 Å². The Morgan fingerprint density at radius 1 is 1.40 bits per heavy atom. The van der Waals surface area contributed by atoms with Crippen LogP contribution in [0.2, 0.25) is 0 Å². The van der Waals surface area contributed by atoms with Crippen LogP contribution in [0.1, 0.15) is 25.5 Å². The van der Waals surface area contributed by atoms with Gasteiger partial charge in [-0.3, -0.25) is 4.79 Å². The molecule has 1 atom stereocenters. The fourth-order valence-corrected chi connectivity index (χ4v) is 2.57. The van der Waals surface area contributed by atoms with Gasteiger partial charge in [0.25, 0.3) is 0 Å². The second-order valence-corrected chi connectivity index (χ2v) is 5.68. The van der Waals surface area contributed by atoms with E-state index in [-0.39, 0.29) is 18.0 Å². The zero-order valence-corrected chi connectivity index (χ0v) is 12.0. The van der Waals surface area contributed by atoms with Crippen LogP contribution in [0, 0.1) is 6.92 Å². The van der Waals surface area contributed by atoms with Crippen molar-refractivity contribution in [2.45, 2.75) is 44.8 Å². The van der Waals surface area contributed by atoms with Gasteiger partial charge in [-0.1, -0.05) is 0 Å². The smallest absolute Gasteiger partial charge is 0.246 e. The number of hydrogen-bond acceptors (Lipinski definition) is 6. The fraction of sp³-hybridized carbons (Fsp3) is 0.615. The summed E-state index contributed by atoms with van der Waals surface area (Å²) in [4.78, 5) is 22.7. The highest BCUT2D eigenvalue weighted by Gasteiger charge is 2.31. The van der Waals surface area contributed by atoms with E-state index in [4.69, 9.17) is 5.73 Å². The van der Waals surface area contributed by atoms with Gasteiger partial charge in [0.1, 0.15) is 11.7 Å². The Hall–Kier alpha value is -1.89. The van der Waals surface area contributed by atoms with E-state index >= 15 is 0 Å². The van der Waals surface area contributed by atoms with Gasteiger partial charge in [-0.2, -0.15) is 4.98 Å². The number of rotatable bonds is 2. The monoisotopic (exact) mass is 276 g/mol. The minimum atomic E-state index is -0.234. The summed E-state index contributed by atoms with van der Waals surface area (Å²) >= 11 is 0. The van der Waals surface area contributed by atoms with Crippen molar-refractivity contribution in [2.75, 3.05) is 22.6 Å². The Morgan fingerprint density at radius 2 is 2.10 bits per heavy atom. The molecule has 0 bridgehead atoms. The summed E-state index contributed by atoms with van der Waals surface area (Å²) in [6.45, 7) is 3.73. The summed E-state index contributed by atoms with van der Waals surface area (Å²) < 4.78 is 0. The van der Waals surface area contributed by atoms with Gasteiger partial charge in [-0.25, -0.2) is 4.98 Å². The molecule has 0 saturated heterocycles. The van der Waals surface area contributed by atoms with Gasteiger partial charge in [-0.05, 0) is 26.7 Å². The molecule has 1 saturated carbocycles. The molecular formula is C13H20N6O. The van der Waals surface area contributed by atoms with E-state index in [0.717, 1.165) is 24.4 Å². The van der Waals surface area contributed by atoms with Crippen molar-refractivity contribution in [1.82, 2.24) is 9.97 Å². The first-order valence-electron chi connectivity index (χ1n) is 6.90. The number of hydrogen-bond donors (Lipinski definition) is 3. The first kappa shape index (κ1) is 13.1. The average Bonchev–Trinajstić information content (AvgIpc) is 2.36. The Morgan fingerprint density at radius 3 is 2.75 bits per heavy atom. The number of carbonyl (C=O) groups excluding carboxylic acids is 1. The minimum absolute atomic E-state index is 0.0302. The number of likely N-dealkylation sites (N-methyl/N-ethyl adjacent to an activating group) is 1. The minimum Gasteiger partial charge on any atom is -0.351 e. The molecule has 4 N–H and O–H groups in total. The average molecular weight is 276 g/mol. The van der Waals surface area contributed by atoms with Crippen LogP contribution in [0.15, 0.2) is 0 Å². The molecule has 1 aromatic heterocycles. The van der Waals surface area contributed by atoms with Crippen molar-refractivity contribution in [3.8, 4) is 0 Å². The van der Waals surface area contributed by atoms with Gasteiger partial charge >= 0.3 is 0 Å². The van der Waals surface area contributed by atoms with Crippen LogP contribution in [-0.4, -0.2) is 41.0 Å². The summed E-state index contributed by atoms with van der Waals surface area (Å²) in [6.07, 6.45) is 1.89. The molecule has 3 rings (SSSR count). The third-order valence-electron chi connectivity index (χ3n) is 4.12.